The molecular weight excluding hydrogens is 224 g/mol. The van der Waals surface area contributed by atoms with E-state index in [-0.39, 0.29) is 11.9 Å². The SMILES string of the molecule is COC(=O)C(c1ccc(C)cc1Cl)C1CC1. The molecule has 0 bridgehead atoms. The summed E-state index contributed by atoms with van der Waals surface area (Å²) in [5.74, 6) is 0.0546. The predicted octanol–water partition coefficient (Wildman–Crippen LogP) is 3.32. The van der Waals surface area contributed by atoms with Crippen LogP contribution in [0.1, 0.15) is 29.9 Å². The van der Waals surface area contributed by atoms with Crippen molar-refractivity contribution in [2.24, 2.45) is 5.92 Å². The van der Waals surface area contributed by atoms with Gasteiger partial charge in [0.15, 0.2) is 0 Å². The molecule has 0 N–H and O–H groups in total. The zero-order chi connectivity index (χ0) is 11.7. The Hall–Kier alpha value is -1.02. The number of hydrogen-bond acceptors (Lipinski definition) is 2. The van der Waals surface area contributed by atoms with Crippen LogP contribution in [-0.2, 0) is 9.53 Å². The van der Waals surface area contributed by atoms with E-state index in [1.807, 2.05) is 25.1 Å². The van der Waals surface area contributed by atoms with Crippen LogP contribution in [0.15, 0.2) is 18.2 Å². The summed E-state index contributed by atoms with van der Waals surface area (Å²) in [6.07, 6.45) is 2.17. The van der Waals surface area contributed by atoms with Crippen molar-refractivity contribution in [1.29, 1.82) is 0 Å². The Morgan fingerprint density at radius 1 is 1.50 bits per heavy atom. The third-order valence-corrected chi connectivity index (χ3v) is 3.37. The third-order valence-electron chi connectivity index (χ3n) is 3.04. The van der Waals surface area contributed by atoms with Gasteiger partial charge in [0, 0.05) is 5.02 Å². The van der Waals surface area contributed by atoms with Gasteiger partial charge in [0.25, 0.3) is 0 Å². The van der Waals surface area contributed by atoms with E-state index in [9.17, 15) is 4.79 Å². The average Bonchev–Trinajstić information content (AvgIpc) is 3.05. The van der Waals surface area contributed by atoms with Gasteiger partial charge in [0.05, 0.1) is 13.0 Å². The summed E-state index contributed by atoms with van der Waals surface area (Å²) in [7, 11) is 1.43. The van der Waals surface area contributed by atoms with Gasteiger partial charge in [-0.1, -0.05) is 23.7 Å². The first-order valence-electron chi connectivity index (χ1n) is 5.47. The van der Waals surface area contributed by atoms with Crippen molar-refractivity contribution in [3.8, 4) is 0 Å². The van der Waals surface area contributed by atoms with Crippen LogP contribution < -0.4 is 0 Å². The van der Waals surface area contributed by atoms with Crippen LogP contribution >= 0.6 is 11.6 Å². The van der Waals surface area contributed by atoms with Crippen LogP contribution in [-0.4, -0.2) is 13.1 Å². The van der Waals surface area contributed by atoms with Crippen LogP contribution in [0, 0.1) is 12.8 Å². The van der Waals surface area contributed by atoms with Crippen molar-refractivity contribution in [1.82, 2.24) is 0 Å². The molecule has 16 heavy (non-hydrogen) atoms. The van der Waals surface area contributed by atoms with E-state index < -0.39 is 0 Å². The summed E-state index contributed by atoms with van der Waals surface area (Å²) in [6, 6.07) is 5.83. The molecule has 0 aliphatic heterocycles. The Bertz CT molecular complexity index is 410. The molecule has 0 aromatic heterocycles. The number of carbonyl (C=O) groups is 1. The zero-order valence-electron chi connectivity index (χ0n) is 9.50. The molecule has 2 nitrogen and oxygen atoms in total. The first kappa shape index (κ1) is 11.5. The highest BCUT2D eigenvalue weighted by molar-refractivity contribution is 6.31. The van der Waals surface area contributed by atoms with Crippen molar-refractivity contribution in [3.63, 3.8) is 0 Å². The molecule has 3 heteroatoms. The van der Waals surface area contributed by atoms with Crippen molar-refractivity contribution >= 4 is 17.6 Å². The Labute approximate surface area is 101 Å². The lowest BCUT2D eigenvalue weighted by Gasteiger charge is -2.15. The smallest absolute Gasteiger partial charge is 0.313 e. The van der Waals surface area contributed by atoms with E-state index in [0.29, 0.717) is 10.9 Å². The number of aryl methyl sites for hydroxylation is 1. The lowest BCUT2D eigenvalue weighted by atomic mass is 9.93. The molecule has 1 unspecified atom stereocenters. The van der Waals surface area contributed by atoms with Crippen molar-refractivity contribution < 1.29 is 9.53 Å². The molecule has 86 valence electrons. The lowest BCUT2D eigenvalue weighted by Crippen LogP contribution is -2.16. The fourth-order valence-corrected chi connectivity index (χ4v) is 2.37. The maximum Gasteiger partial charge on any atom is 0.313 e. The Kier molecular flexibility index (Phi) is 3.20. The summed E-state index contributed by atoms with van der Waals surface area (Å²) in [5.41, 5.74) is 2.01. The molecule has 1 fully saturated rings. The van der Waals surface area contributed by atoms with E-state index in [4.69, 9.17) is 16.3 Å². The monoisotopic (exact) mass is 238 g/mol. The van der Waals surface area contributed by atoms with E-state index in [2.05, 4.69) is 0 Å². The Balaban J connectivity index is 2.34. The fourth-order valence-electron chi connectivity index (χ4n) is 2.01. The normalized spacial score (nSPS) is 16.9. The van der Waals surface area contributed by atoms with Gasteiger partial charge in [-0.15, -0.1) is 0 Å². The van der Waals surface area contributed by atoms with Gasteiger partial charge in [0.2, 0.25) is 0 Å². The quantitative estimate of drug-likeness (QED) is 0.756. The Morgan fingerprint density at radius 3 is 2.69 bits per heavy atom. The molecule has 1 saturated carbocycles. The highest BCUT2D eigenvalue weighted by atomic mass is 35.5. The molecule has 0 amide bonds. The minimum absolute atomic E-state index is 0.173. The highest BCUT2D eigenvalue weighted by Gasteiger charge is 2.39. The van der Waals surface area contributed by atoms with Crippen LogP contribution in [0.5, 0.6) is 0 Å². The summed E-state index contributed by atoms with van der Waals surface area (Å²) >= 11 is 6.19. The number of rotatable bonds is 3. The third kappa shape index (κ3) is 2.22. The maximum absolute atomic E-state index is 11.8. The van der Waals surface area contributed by atoms with Crippen molar-refractivity contribution in [2.75, 3.05) is 7.11 Å². The van der Waals surface area contributed by atoms with Crippen LogP contribution in [0.25, 0.3) is 0 Å². The standard InChI is InChI=1S/C13H15ClO2/c1-8-3-6-10(11(14)7-8)12(9-4-5-9)13(15)16-2/h3,6-7,9,12H,4-5H2,1-2H3. The minimum Gasteiger partial charge on any atom is -0.469 e. The maximum atomic E-state index is 11.8. The number of halogens is 1. The highest BCUT2D eigenvalue weighted by Crippen LogP contribution is 2.45. The summed E-state index contributed by atoms with van der Waals surface area (Å²) in [6.45, 7) is 1.99. The van der Waals surface area contributed by atoms with Crippen LogP contribution in [0.4, 0.5) is 0 Å². The predicted molar refractivity (Wildman–Crippen MR) is 63.7 cm³/mol. The number of ether oxygens (including phenoxy) is 1. The molecule has 1 atom stereocenters. The second-order valence-corrected chi connectivity index (χ2v) is 4.77. The molecular formula is C13H15ClO2. The van der Waals surface area contributed by atoms with E-state index in [1.165, 1.54) is 7.11 Å². The fraction of sp³-hybridized carbons (Fsp3) is 0.462. The number of benzene rings is 1. The number of hydrogen-bond donors (Lipinski definition) is 0. The molecule has 1 aromatic carbocycles. The first-order chi connectivity index (χ1) is 7.63. The summed E-state index contributed by atoms with van der Waals surface area (Å²) < 4.78 is 4.86. The van der Waals surface area contributed by atoms with Gasteiger partial charge in [-0.3, -0.25) is 4.79 Å². The minimum atomic E-state index is -0.182. The van der Waals surface area contributed by atoms with Crippen LogP contribution in [0.2, 0.25) is 5.02 Å². The second-order valence-electron chi connectivity index (χ2n) is 4.36. The van der Waals surface area contributed by atoms with E-state index in [0.717, 1.165) is 24.0 Å². The summed E-state index contributed by atoms with van der Waals surface area (Å²) in [5, 5.41) is 0.669. The van der Waals surface area contributed by atoms with Gasteiger partial charge in [-0.2, -0.15) is 0 Å². The molecule has 0 spiro atoms. The molecule has 0 heterocycles. The van der Waals surface area contributed by atoms with Crippen molar-refractivity contribution in [2.45, 2.75) is 25.7 Å². The largest absolute Gasteiger partial charge is 0.469 e. The first-order valence-corrected chi connectivity index (χ1v) is 5.85. The average molecular weight is 239 g/mol. The topological polar surface area (TPSA) is 26.3 Å². The molecule has 1 aliphatic carbocycles. The van der Waals surface area contributed by atoms with Gasteiger partial charge < -0.3 is 4.74 Å². The zero-order valence-corrected chi connectivity index (χ0v) is 10.3. The Morgan fingerprint density at radius 2 is 2.19 bits per heavy atom. The summed E-state index contributed by atoms with van der Waals surface area (Å²) in [4.78, 5) is 11.8. The van der Waals surface area contributed by atoms with Crippen molar-refractivity contribution in [3.05, 3.63) is 34.3 Å². The van der Waals surface area contributed by atoms with Gasteiger partial charge in [0.1, 0.15) is 0 Å². The second kappa shape index (κ2) is 4.46. The van der Waals surface area contributed by atoms with Crippen LogP contribution in [0.3, 0.4) is 0 Å². The van der Waals surface area contributed by atoms with E-state index in [1.54, 1.807) is 0 Å². The van der Waals surface area contributed by atoms with Gasteiger partial charge in [-0.05, 0) is 42.9 Å². The lowest BCUT2D eigenvalue weighted by molar-refractivity contribution is -0.143. The molecule has 2 rings (SSSR count). The number of carbonyl (C=O) groups excluding carboxylic acids is 1. The van der Waals surface area contributed by atoms with E-state index >= 15 is 0 Å². The van der Waals surface area contributed by atoms with Gasteiger partial charge >= 0.3 is 5.97 Å². The number of methoxy groups -OCH3 is 1. The van der Waals surface area contributed by atoms with Gasteiger partial charge in [-0.25, -0.2) is 0 Å². The molecule has 0 radical (unpaired) electrons. The molecule has 1 aromatic rings. The molecule has 0 saturated heterocycles. The molecule has 1 aliphatic rings. The number of esters is 1.